The molecule has 0 bridgehead atoms. The summed E-state index contributed by atoms with van der Waals surface area (Å²) >= 11 is 11.6. The minimum Gasteiger partial charge on any atom is -0.598 e. The fourth-order valence-electron chi connectivity index (χ4n) is 4.06. The molecule has 0 aliphatic carbocycles. The van der Waals surface area contributed by atoms with E-state index in [1.165, 1.54) is 6.26 Å². The number of rotatable bonds is 15. The molecular formula is C25H42Cl2N4O5SSi. The summed E-state index contributed by atoms with van der Waals surface area (Å²) in [5.74, 6) is -0.213. The lowest BCUT2D eigenvalue weighted by atomic mass is 10.0. The first-order valence-corrected chi connectivity index (χ1v) is 18.8. The molecule has 1 aliphatic heterocycles. The average molecular weight is 610 g/mol. The van der Waals surface area contributed by atoms with Gasteiger partial charge >= 0.3 is 0 Å². The molecule has 13 heteroatoms. The van der Waals surface area contributed by atoms with Crippen molar-refractivity contribution in [3.05, 3.63) is 34.2 Å². The Balaban J connectivity index is 1.65. The summed E-state index contributed by atoms with van der Waals surface area (Å²) in [7, 11) is -1.23. The summed E-state index contributed by atoms with van der Waals surface area (Å²) in [5, 5.41) is 4.59. The molecule has 2 unspecified atom stereocenters. The third-order valence-corrected chi connectivity index (χ3v) is 10.4. The van der Waals surface area contributed by atoms with Crippen LogP contribution >= 0.6 is 23.2 Å². The summed E-state index contributed by atoms with van der Waals surface area (Å²) in [6.07, 6.45) is 5.51. The van der Waals surface area contributed by atoms with Crippen LogP contribution in [-0.4, -0.2) is 51.9 Å². The molecule has 3 heterocycles. The molecule has 3 rings (SSSR count). The van der Waals surface area contributed by atoms with Gasteiger partial charge in [-0.2, -0.15) is 0 Å². The summed E-state index contributed by atoms with van der Waals surface area (Å²) in [4.78, 5) is 4.55. The second-order valence-electron chi connectivity index (χ2n) is 11.8. The molecule has 38 heavy (non-hydrogen) atoms. The smallest absolute Gasteiger partial charge is 0.215 e. The first-order valence-electron chi connectivity index (χ1n) is 13.2. The minimum atomic E-state index is -1.31. The van der Waals surface area contributed by atoms with E-state index in [1.807, 2.05) is 20.8 Å². The maximum Gasteiger partial charge on any atom is 0.215 e. The van der Waals surface area contributed by atoms with Crippen molar-refractivity contribution in [1.29, 1.82) is 0 Å². The van der Waals surface area contributed by atoms with Crippen molar-refractivity contribution in [3.8, 4) is 0 Å². The lowest BCUT2D eigenvalue weighted by molar-refractivity contribution is -0.175. The molecule has 2 aromatic rings. The van der Waals surface area contributed by atoms with Crippen LogP contribution in [0.2, 0.25) is 36.0 Å². The number of nitrogens with zero attached hydrogens (tertiary/aromatic N) is 3. The van der Waals surface area contributed by atoms with Crippen LogP contribution in [0.1, 0.15) is 70.4 Å². The summed E-state index contributed by atoms with van der Waals surface area (Å²) in [6, 6.07) is 2.51. The number of hydrogen-bond donors (Lipinski definition) is 1. The Bertz CT molecular complexity index is 991. The fourth-order valence-corrected chi connectivity index (χ4v) is 6.01. The molecule has 0 saturated carbocycles. The van der Waals surface area contributed by atoms with Crippen molar-refractivity contribution in [2.75, 3.05) is 19.8 Å². The van der Waals surface area contributed by atoms with Crippen LogP contribution in [0.15, 0.2) is 16.9 Å². The predicted octanol–water partition coefficient (Wildman–Crippen LogP) is 6.43. The molecule has 9 nitrogen and oxygen atoms in total. The lowest BCUT2D eigenvalue weighted by Gasteiger charge is -2.28. The number of nitrogens with one attached hydrogen (secondary N) is 1. The van der Waals surface area contributed by atoms with Gasteiger partial charge < -0.3 is 23.3 Å². The van der Waals surface area contributed by atoms with Crippen molar-refractivity contribution in [2.24, 2.45) is 0 Å². The molecule has 0 radical (unpaired) electrons. The van der Waals surface area contributed by atoms with Gasteiger partial charge in [0.1, 0.15) is 40.5 Å². The van der Waals surface area contributed by atoms with E-state index < -0.39 is 30.0 Å². The average Bonchev–Trinajstić information content (AvgIpc) is 3.57. The van der Waals surface area contributed by atoms with Crippen molar-refractivity contribution in [3.63, 3.8) is 0 Å². The maximum absolute atomic E-state index is 13.1. The molecule has 2 atom stereocenters. The maximum atomic E-state index is 13.1. The Kier molecular flexibility index (Phi) is 11.6. The summed E-state index contributed by atoms with van der Waals surface area (Å²) < 4.78 is 40.5. The van der Waals surface area contributed by atoms with Gasteiger partial charge in [-0.1, -0.05) is 60.8 Å². The SMILES string of the molecule is CC(C)(C)[S+]([O-])NC(CCCCCC1(c2ccon2)OCCO1)c1nc(Cl)c(Cl)n1COCC[Si](C)(C)C. The zero-order valence-corrected chi connectivity index (χ0v) is 26.7. The Morgan fingerprint density at radius 3 is 2.53 bits per heavy atom. The van der Waals surface area contributed by atoms with E-state index >= 15 is 0 Å². The molecular weight excluding hydrogens is 567 g/mol. The van der Waals surface area contributed by atoms with Crippen LogP contribution in [0.4, 0.5) is 0 Å². The van der Waals surface area contributed by atoms with Gasteiger partial charge in [0.2, 0.25) is 5.79 Å². The van der Waals surface area contributed by atoms with E-state index in [4.69, 9.17) is 41.9 Å². The van der Waals surface area contributed by atoms with Crippen molar-refractivity contribution in [1.82, 2.24) is 19.4 Å². The van der Waals surface area contributed by atoms with Crippen LogP contribution in [-0.2, 0) is 38.1 Å². The highest BCUT2D eigenvalue weighted by Crippen LogP contribution is 2.36. The molecule has 0 aromatic carbocycles. The van der Waals surface area contributed by atoms with E-state index in [9.17, 15) is 4.55 Å². The highest BCUT2D eigenvalue weighted by atomic mass is 35.5. The topological polar surface area (TPSA) is 107 Å². The van der Waals surface area contributed by atoms with Crippen LogP contribution in [0.25, 0.3) is 0 Å². The predicted molar refractivity (Wildman–Crippen MR) is 153 cm³/mol. The number of halogens is 2. The van der Waals surface area contributed by atoms with Crippen molar-refractivity contribution >= 4 is 42.6 Å². The largest absolute Gasteiger partial charge is 0.598 e. The quantitative estimate of drug-likeness (QED) is 0.140. The van der Waals surface area contributed by atoms with Gasteiger partial charge in [-0.05, 0) is 39.7 Å². The number of aromatic nitrogens is 3. The van der Waals surface area contributed by atoms with Crippen LogP contribution in [0.3, 0.4) is 0 Å². The third kappa shape index (κ3) is 8.94. The molecule has 0 spiro atoms. The Morgan fingerprint density at radius 2 is 1.92 bits per heavy atom. The Hall–Kier alpha value is -0.633. The van der Waals surface area contributed by atoms with E-state index in [-0.39, 0.29) is 17.9 Å². The number of hydrogen-bond acceptors (Lipinski definition) is 8. The number of unbranched alkanes of at least 4 members (excludes halogenated alkanes) is 2. The molecule has 1 aliphatic rings. The van der Waals surface area contributed by atoms with Crippen LogP contribution in [0, 0.1) is 0 Å². The second-order valence-corrected chi connectivity index (χ2v) is 20.1. The normalized spacial score (nSPS) is 17.7. The van der Waals surface area contributed by atoms with E-state index in [0.29, 0.717) is 49.3 Å². The highest BCUT2D eigenvalue weighted by Gasteiger charge is 2.40. The van der Waals surface area contributed by atoms with Gasteiger partial charge in [0.25, 0.3) is 0 Å². The molecule has 1 N–H and O–H groups in total. The van der Waals surface area contributed by atoms with Gasteiger partial charge in [-0.3, -0.25) is 4.57 Å². The van der Waals surface area contributed by atoms with Gasteiger partial charge in [0, 0.05) is 38.5 Å². The number of imidazole rings is 1. The lowest BCUT2D eigenvalue weighted by Crippen LogP contribution is -2.42. The zero-order chi connectivity index (χ0) is 28.0. The standard InChI is InChI=1S/C25H42Cl2N4O5SSi/c1-24(2,3)37(32)30-19(23-28-21(26)22(27)31(23)18-33-16-17-38(4,5)6)10-8-7-9-12-25(34-14-15-35-25)20-11-13-36-29-20/h11,13,19,30H,7-10,12,14-18H2,1-6H3. The first-order chi connectivity index (χ1) is 17.8. The second kappa shape index (κ2) is 13.8. The summed E-state index contributed by atoms with van der Waals surface area (Å²) in [5.41, 5.74) is 0.663. The van der Waals surface area contributed by atoms with Gasteiger partial charge in [0.15, 0.2) is 5.15 Å². The summed E-state index contributed by atoms with van der Waals surface area (Å²) in [6.45, 7) is 14.7. The Morgan fingerprint density at radius 1 is 1.21 bits per heavy atom. The van der Waals surface area contributed by atoms with Crippen molar-refractivity contribution in [2.45, 2.75) is 102 Å². The van der Waals surface area contributed by atoms with Crippen LogP contribution < -0.4 is 4.72 Å². The monoisotopic (exact) mass is 608 g/mol. The molecule has 2 aromatic heterocycles. The van der Waals surface area contributed by atoms with E-state index in [0.717, 1.165) is 25.3 Å². The van der Waals surface area contributed by atoms with E-state index in [2.05, 4.69) is 34.5 Å². The fraction of sp³-hybridized carbons (Fsp3) is 0.760. The Labute approximate surface area is 240 Å². The van der Waals surface area contributed by atoms with Crippen molar-refractivity contribution < 1.29 is 23.3 Å². The highest BCUT2D eigenvalue weighted by molar-refractivity contribution is 7.90. The molecule has 1 saturated heterocycles. The van der Waals surface area contributed by atoms with Crippen LogP contribution in [0.5, 0.6) is 0 Å². The zero-order valence-electron chi connectivity index (χ0n) is 23.4. The molecule has 216 valence electrons. The van der Waals surface area contributed by atoms with Gasteiger partial charge in [-0.15, -0.1) is 4.72 Å². The van der Waals surface area contributed by atoms with Gasteiger partial charge in [0.05, 0.1) is 13.2 Å². The first kappa shape index (κ1) is 31.9. The molecule has 0 amide bonds. The van der Waals surface area contributed by atoms with E-state index in [1.54, 1.807) is 10.6 Å². The van der Waals surface area contributed by atoms with Gasteiger partial charge in [-0.25, -0.2) is 4.98 Å². The third-order valence-electron chi connectivity index (χ3n) is 6.31. The minimum absolute atomic E-state index is 0.217. The number of ether oxygens (including phenoxy) is 3. The molecule has 1 fully saturated rings.